The van der Waals surface area contributed by atoms with E-state index in [4.69, 9.17) is 5.73 Å². The third-order valence-electron chi connectivity index (χ3n) is 2.36. The molecule has 2 N–H and O–H groups in total. The van der Waals surface area contributed by atoms with Crippen LogP contribution in [0.4, 0.5) is 4.39 Å². The number of hydrogen-bond acceptors (Lipinski definition) is 4. The van der Waals surface area contributed by atoms with E-state index in [1.807, 2.05) is 6.92 Å². The van der Waals surface area contributed by atoms with E-state index < -0.39 is 0 Å². The highest BCUT2D eigenvalue weighted by molar-refractivity contribution is 9.10. The first-order valence-corrected chi connectivity index (χ1v) is 6.77. The fraction of sp³-hybridized carbons (Fsp3) is 0.273. The van der Waals surface area contributed by atoms with Crippen molar-refractivity contribution in [2.24, 2.45) is 5.73 Å². The van der Waals surface area contributed by atoms with Crippen molar-refractivity contribution < 1.29 is 4.39 Å². The van der Waals surface area contributed by atoms with Crippen molar-refractivity contribution in [2.75, 3.05) is 0 Å². The maximum absolute atomic E-state index is 13.4. The summed E-state index contributed by atoms with van der Waals surface area (Å²) in [5.74, 6) is -0.306. The number of nitrogens with zero attached hydrogens (tertiary/aromatic N) is 2. The first kappa shape index (κ1) is 12.6. The van der Waals surface area contributed by atoms with Gasteiger partial charge in [-0.25, -0.2) is 4.39 Å². The Balaban J connectivity index is 2.33. The Kier molecular flexibility index (Phi) is 3.86. The van der Waals surface area contributed by atoms with Crippen molar-refractivity contribution in [3.05, 3.63) is 33.5 Å². The van der Waals surface area contributed by atoms with Crippen LogP contribution in [0.1, 0.15) is 24.4 Å². The van der Waals surface area contributed by atoms with E-state index in [0.29, 0.717) is 9.48 Å². The largest absolute Gasteiger partial charge is 0.322 e. The van der Waals surface area contributed by atoms with Crippen LogP contribution in [-0.4, -0.2) is 10.2 Å². The van der Waals surface area contributed by atoms with Gasteiger partial charge in [-0.1, -0.05) is 24.3 Å². The van der Waals surface area contributed by atoms with Crippen molar-refractivity contribution in [3.63, 3.8) is 0 Å². The van der Waals surface area contributed by atoms with Gasteiger partial charge in [0.25, 0.3) is 0 Å². The molecule has 1 heterocycles. The van der Waals surface area contributed by atoms with E-state index in [2.05, 4.69) is 26.1 Å². The zero-order valence-corrected chi connectivity index (χ0v) is 11.6. The fourth-order valence-corrected chi connectivity index (χ4v) is 2.48. The van der Waals surface area contributed by atoms with E-state index in [9.17, 15) is 4.39 Å². The van der Waals surface area contributed by atoms with E-state index >= 15 is 0 Å². The van der Waals surface area contributed by atoms with E-state index in [-0.39, 0.29) is 11.9 Å². The van der Waals surface area contributed by atoms with Crippen LogP contribution >= 0.6 is 27.3 Å². The minimum Gasteiger partial charge on any atom is -0.322 e. The van der Waals surface area contributed by atoms with Gasteiger partial charge in [0.1, 0.15) is 15.8 Å². The average Bonchev–Trinajstić information content (AvgIpc) is 2.81. The van der Waals surface area contributed by atoms with Gasteiger partial charge in [0.05, 0.1) is 10.5 Å². The fourth-order valence-electron chi connectivity index (χ4n) is 1.30. The molecule has 0 saturated carbocycles. The molecule has 0 fully saturated rings. The molecule has 0 saturated heterocycles. The Morgan fingerprint density at radius 2 is 2.24 bits per heavy atom. The maximum atomic E-state index is 13.4. The SMILES string of the molecule is CCC(N)c1nnc(-c2ccc(Br)c(F)c2)s1. The lowest BCUT2D eigenvalue weighted by molar-refractivity contribution is 0.621. The smallest absolute Gasteiger partial charge is 0.147 e. The first-order valence-electron chi connectivity index (χ1n) is 5.16. The van der Waals surface area contributed by atoms with Crippen LogP contribution in [-0.2, 0) is 0 Å². The summed E-state index contributed by atoms with van der Waals surface area (Å²) in [5.41, 5.74) is 6.59. The highest BCUT2D eigenvalue weighted by atomic mass is 79.9. The predicted molar refractivity (Wildman–Crippen MR) is 70.2 cm³/mol. The Morgan fingerprint density at radius 1 is 1.47 bits per heavy atom. The molecule has 2 aromatic rings. The molecule has 1 unspecified atom stereocenters. The molecular weight excluding hydrogens is 305 g/mol. The molecule has 0 spiro atoms. The summed E-state index contributed by atoms with van der Waals surface area (Å²) in [6, 6.07) is 4.80. The van der Waals surface area contributed by atoms with Crippen LogP contribution in [0.2, 0.25) is 0 Å². The molecule has 17 heavy (non-hydrogen) atoms. The molecule has 1 atom stereocenters. The number of rotatable bonds is 3. The zero-order valence-electron chi connectivity index (χ0n) is 9.15. The summed E-state index contributed by atoms with van der Waals surface area (Å²) in [7, 11) is 0. The van der Waals surface area contributed by atoms with Crippen LogP contribution in [0.25, 0.3) is 10.6 Å². The molecule has 0 aliphatic rings. The van der Waals surface area contributed by atoms with Crippen LogP contribution in [0, 0.1) is 5.82 Å². The van der Waals surface area contributed by atoms with Gasteiger partial charge in [0.15, 0.2) is 0 Å². The quantitative estimate of drug-likeness (QED) is 0.942. The third kappa shape index (κ3) is 2.70. The summed E-state index contributed by atoms with van der Waals surface area (Å²) in [4.78, 5) is 0. The van der Waals surface area contributed by atoms with Gasteiger partial charge in [-0.15, -0.1) is 10.2 Å². The van der Waals surface area contributed by atoms with Gasteiger partial charge in [-0.3, -0.25) is 0 Å². The van der Waals surface area contributed by atoms with E-state index in [1.165, 1.54) is 17.4 Å². The molecule has 0 amide bonds. The number of benzene rings is 1. The van der Waals surface area contributed by atoms with Crippen LogP contribution in [0.3, 0.4) is 0 Å². The second kappa shape index (κ2) is 5.20. The molecule has 0 bridgehead atoms. The third-order valence-corrected chi connectivity index (χ3v) is 4.11. The van der Waals surface area contributed by atoms with Gasteiger partial charge in [0.2, 0.25) is 0 Å². The minimum atomic E-state index is -0.306. The lowest BCUT2D eigenvalue weighted by atomic mass is 10.2. The van der Waals surface area contributed by atoms with Crippen LogP contribution < -0.4 is 5.73 Å². The molecule has 90 valence electrons. The number of halogens is 2. The number of nitrogens with two attached hydrogens (primary N) is 1. The minimum absolute atomic E-state index is 0.0958. The van der Waals surface area contributed by atoms with Gasteiger partial charge in [0, 0.05) is 5.56 Å². The zero-order chi connectivity index (χ0) is 12.4. The maximum Gasteiger partial charge on any atom is 0.147 e. The molecule has 0 aliphatic carbocycles. The summed E-state index contributed by atoms with van der Waals surface area (Å²) < 4.78 is 13.8. The van der Waals surface area contributed by atoms with Gasteiger partial charge < -0.3 is 5.73 Å². The Morgan fingerprint density at radius 3 is 2.88 bits per heavy atom. The topological polar surface area (TPSA) is 51.8 Å². The summed E-state index contributed by atoms with van der Waals surface area (Å²) in [5, 5.41) is 9.53. The highest BCUT2D eigenvalue weighted by Gasteiger charge is 2.12. The number of hydrogen-bond donors (Lipinski definition) is 1. The standard InChI is InChI=1S/C11H11BrFN3S/c1-2-9(14)11-16-15-10(17-11)6-3-4-7(12)8(13)5-6/h3-5,9H,2,14H2,1H3. The van der Waals surface area contributed by atoms with Crippen molar-refractivity contribution in [3.8, 4) is 10.6 Å². The molecular formula is C11H11BrFN3S. The Hall–Kier alpha value is -0.850. The van der Waals surface area contributed by atoms with E-state index in [1.54, 1.807) is 12.1 Å². The monoisotopic (exact) mass is 315 g/mol. The molecule has 0 radical (unpaired) electrons. The Bertz CT molecular complexity index is 529. The first-order chi connectivity index (χ1) is 8.11. The normalized spacial score (nSPS) is 12.7. The molecule has 1 aromatic heterocycles. The predicted octanol–water partition coefficient (Wildman–Crippen LogP) is 3.52. The molecule has 2 rings (SSSR count). The lowest BCUT2D eigenvalue weighted by Crippen LogP contribution is -2.07. The number of aromatic nitrogens is 2. The van der Waals surface area contributed by atoms with Crippen molar-refractivity contribution in [1.29, 1.82) is 0 Å². The van der Waals surface area contributed by atoms with Crippen molar-refractivity contribution in [1.82, 2.24) is 10.2 Å². The second-order valence-electron chi connectivity index (χ2n) is 3.59. The molecule has 1 aromatic carbocycles. The van der Waals surface area contributed by atoms with Crippen molar-refractivity contribution >= 4 is 27.3 Å². The van der Waals surface area contributed by atoms with Crippen molar-refractivity contribution in [2.45, 2.75) is 19.4 Å². The average molecular weight is 316 g/mol. The Labute approximate surface area is 111 Å². The summed E-state index contributed by atoms with van der Waals surface area (Å²) >= 11 is 4.52. The van der Waals surface area contributed by atoms with Gasteiger partial charge >= 0.3 is 0 Å². The second-order valence-corrected chi connectivity index (χ2v) is 5.45. The molecule has 0 aliphatic heterocycles. The highest BCUT2D eigenvalue weighted by Crippen LogP contribution is 2.29. The summed E-state index contributed by atoms with van der Waals surface area (Å²) in [6.45, 7) is 1.99. The van der Waals surface area contributed by atoms with Crippen LogP contribution in [0.5, 0.6) is 0 Å². The van der Waals surface area contributed by atoms with Gasteiger partial charge in [-0.2, -0.15) is 0 Å². The summed E-state index contributed by atoms with van der Waals surface area (Å²) in [6.07, 6.45) is 0.809. The van der Waals surface area contributed by atoms with Crippen LogP contribution in [0.15, 0.2) is 22.7 Å². The van der Waals surface area contributed by atoms with Gasteiger partial charge in [-0.05, 0) is 34.5 Å². The molecule has 3 nitrogen and oxygen atoms in total. The molecule has 6 heteroatoms. The van der Waals surface area contributed by atoms with E-state index in [0.717, 1.165) is 17.0 Å². The lowest BCUT2D eigenvalue weighted by Gasteiger charge is -2.01.